The summed E-state index contributed by atoms with van der Waals surface area (Å²) in [6, 6.07) is 0.920. The molecule has 13 heavy (non-hydrogen) atoms. The number of nitrogens with zero attached hydrogens (tertiary/aromatic N) is 2. The minimum absolute atomic E-state index is 0.920. The van der Waals surface area contributed by atoms with Gasteiger partial charge in [0.25, 0.3) is 0 Å². The van der Waals surface area contributed by atoms with Crippen LogP contribution in [0, 0.1) is 5.92 Å². The van der Waals surface area contributed by atoms with Crippen molar-refractivity contribution < 1.29 is 0 Å². The molecule has 2 fully saturated rings. The molecular formula is C11H22N2. The summed E-state index contributed by atoms with van der Waals surface area (Å²) >= 11 is 0. The molecule has 1 aliphatic heterocycles. The van der Waals surface area contributed by atoms with Gasteiger partial charge in [-0.25, -0.2) is 0 Å². The molecule has 0 radical (unpaired) electrons. The van der Waals surface area contributed by atoms with Gasteiger partial charge in [0.15, 0.2) is 0 Å². The lowest BCUT2D eigenvalue weighted by atomic mass is 10.1. The van der Waals surface area contributed by atoms with Gasteiger partial charge in [0.2, 0.25) is 0 Å². The first-order valence-electron chi connectivity index (χ1n) is 5.68. The Morgan fingerprint density at radius 2 is 1.69 bits per heavy atom. The van der Waals surface area contributed by atoms with Crippen LogP contribution in [-0.2, 0) is 0 Å². The fourth-order valence-corrected chi connectivity index (χ4v) is 2.70. The van der Waals surface area contributed by atoms with E-state index >= 15 is 0 Å². The molecule has 0 aromatic heterocycles. The zero-order chi connectivity index (χ0) is 9.26. The Balaban J connectivity index is 1.81. The lowest BCUT2D eigenvalue weighted by Gasteiger charge is -2.36. The van der Waals surface area contributed by atoms with Crippen molar-refractivity contribution in [3.05, 3.63) is 0 Å². The maximum atomic E-state index is 2.71. The van der Waals surface area contributed by atoms with E-state index in [1.807, 2.05) is 0 Å². The predicted octanol–water partition coefficient (Wildman–Crippen LogP) is 1.42. The Kier molecular flexibility index (Phi) is 2.89. The molecule has 0 bridgehead atoms. The van der Waals surface area contributed by atoms with Crippen LogP contribution in [0.4, 0.5) is 0 Å². The van der Waals surface area contributed by atoms with Gasteiger partial charge in [0.1, 0.15) is 0 Å². The molecule has 0 aromatic rings. The van der Waals surface area contributed by atoms with Crippen LogP contribution in [0.25, 0.3) is 0 Å². The highest BCUT2D eigenvalue weighted by Gasteiger charge is 2.28. The summed E-state index contributed by atoms with van der Waals surface area (Å²) in [5, 5.41) is 0. The van der Waals surface area contributed by atoms with Crippen molar-refractivity contribution in [3.8, 4) is 0 Å². The molecule has 0 aromatic carbocycles. The van der Waals surface area contributed by atoms with Crippen LogP contribution in [-0.4, -0.2) is 49.1 Å². The minimum atomic E-state index is 0.920. The van der Waals surface area contributed by atoms with Crippen LogP contribution in [0.5, 0.6) is 0 Å². The smallest absolute Gasteiger partial charge is 0.0113 e. The lowest BCUT2D eigenvalue weighted by molar-refractivity contribution is 0.112. The first kappa shape index (κ1) is 9.47. The highest BCUT2D eigenvalue weighted by Crippen LogP contribution is 2.29. The number of piperazine rings is 1. The number of rotatable bonds is 1. The van der Waals surface area contributed by atoms with Crippen molar-refractivity contribution in [1.82, 2.24) is 9.80 Å². The summed E-state index contributed by atoms with van der Waals surface area (Å²) in [5.41, 5.74) is 0. The maximum Gasteiger partial charge on any atom is 0.0113 e. The minimum Gasteiger partial charge on any atom is -0.304 e. The van der Waals surface area contributed by atoms with E-state index in [1.165, 1.54) is 45.4 Å². The van der Waals surface area contributed by atoms with Crippen LogP contribution >= 0.6 is 0 Å². The second-order valence-electron chi connectivity index (χ2n) is 4.91. The van der Waals surface area contributed by atoms with Crippen molar-refractivity contribution in [1.29, 1.82) is 0 Å². The van der Waals surface area contributed by atoms with E-state index in [0.717, 1.165) is 12.0 Å². The van der Waals surface area contributed by atoms with E-state index in [0.29, 0.717) is 0 Å². The van der Waals surface area contributed by atoms with Gasteiger partial charge in [-0.2, -0.15) is 0 Å². The van der Waals surface area contributed by atoms with Gasteiger partial charge < -0.3 is 4.90 Å². The van der Waals surface area contributed by atoms with E-state index in [2.05, 4.69) is 23.8 Å². The third-order valence-electron chi connectivity index (χ3n) is 3.72. The van der Waals surface area contributed by atoms with E-state index in [9.17, 15) is 0 Å². The molecule has 0 N–H and O–H groups in total. The molecule has 2 atom stereocenters. The van der Waals surface area contributed by atoms with Crippen molar-refractivity contribution in [2.75, 3.05) is 33.2 Å². The Bertz CT molecular complexity index is 161. The molecule has 1 aliphatic carbocycles. The molecule has 0 unspecified atom stereocenters. The largest absolute Gasteiger partial charge is 0.304 e. The van der Waals surface area contributed by atoms with Crippen molar-refractivity contribution in [2.45, 2.75) is 32.2 Å². The summed E-state index contributed by atoms with van der Waals surface area (Å²) in [5.74, 6) is 0.977. The Hall–Kier alpha value is -0.0800. The van der Waals surface area contributed by atoms with E-state index in [1.54, 1.807) is 0 Å². The molecule has 0 amide bonds. The molecule has 1 saturated heterocycles. The van der Waals surface area contributed by atoms with Crippen LogP contribution in [0.2, 0.25) is 0 Å². The van der Waals surface area contributed by atoms with E-state index in [4.69, 9.17) is 0 Å². The molecular weight excluding hydrogens is 160 g/mol. The molecule has 2 aliphatic rings. The van der Waals surface area contributed by atoms with Gasteiger partial charge >= 0.3 is 0 Å². The SMILES string of the molecule is C[C@H]1CC[C@H](N2CCN(C)CC2)C1. The Labute approximate surface area is 81.9 Å². The van der Waals surface area contributed by atoms with Crippen LogP contribution in [0.15, 0.2) is 0 Å². The summed E-state index contributed by atoms with van der Waals surface area (Å²) in [6.07, 6.45) is 4.35. The van der Waals surface area contributed by atoms with Crippen molar-refractivity contribution in [3.63, 3.8) is 0 Å². The second kappa shape index (κ2) is 3.97. The molecule has 1 heterocycles. The average Bonchev–Trinajstić information content (AvgIpc) is 2.53. The fourth-order valence-electron chi connectivity index (χ4n) is 2.70. The quantitative estimate of drug-likeness (QED) is 0.605. The van der Waals surface area contributed by atoms with Gasteiger partial charge in [0.05, 0.1) is 0 Å². The highest BCUT2D eigenvalue weighted by molar-refractivity contribution is 4.83. The van der Waals surface area contributed by atoms with Crippen molar-refractivity contribution in [2.24, 2.45) is 5.92 Å². The van der Waals surface area contributed by atoms with Gasteiger partial charge in [-0.05, 0) is 32.2 Å². The third-order valence-corrected chi connectivity index (χ3v) is 3.72. The van der Waals surface area contributed by atoms with Gasteiger partial charge in [-0.15, -0.1) is 0 Å². The van der Waals surface area contributed by atoms with Crippen LogP contribution in [0.3, 0.4) is 0 Å². The fraction of sp³-hybridized carbons (Fsp3) is 1.00. The lowest BCUT2D eigenvalue weighted by Crippen LogP contribution is -2.48. The number of likely N-dealkylation sites (N-methyl/N-ethyl adjacent to an activating group) is 1. The summed E-state index contributed by atoms with van der Waals surface area (Å²) in [4.78, 5) is 5.15. The highest BCUT2D eigenvalue weighted by atomic mass is 15.3. The standard InChI is InChI=1S/C11H22N2/c1-10-3-4-11(9-10)13-7-5-12(2)6-8-13/h10-11H,3-9H2,1-2H3/t10-,11-/m0/s1. The monoisotopic (exact) mass is 182 g/mol. The maximum absolute atomic E-state index is 2.71. The van der Waals surface area contributed by atoms with Gasteiger partial charge in [-0.1, -0.05) is 6.92 Å². The molecule has 76 valence electrons. The average molecular weight is 182 g/mol. The Morgan fingerprint density at radius 1 is 1.00 bits per heavy atom. The molecule has 2 rings (SSSR count). The van der Waals surface area contributed by atoms with Gasteiger partial charge in [0, 0.05) is 32.2 Å². The van der Waals surface area contributed by atoms with Crippen LogP contribution in [0.1, 0.15) is 26.2 Å². The summed E-state index contributed by atoms with van der Waals surface area (Å²) in [7, 11) is 2.23. The molecule has 2 heteroatoms. The molecule has 1 saturated carbocycles. The van der Waals surface area contributed by atoms with E-state index in [-0.39, 0.29) is 0 Å². The predicted molar refractivity (Wildman–Crippen MR) is 55.9 cm³/mol. The van der Waals surface area contributed by atoms with E-state index < -0.39 is 0 Å². The first-order valence-corrected chi connectivity index (χ1v) is 5.68. The summed E-state index contributed by atoms with van der Waals surface area (Å²) in [6.45, 7) is 7.54. The summed E-state index contributed by atoms with van der Waals surface area (Å²) < 4.78 is 0. The second-order valence-corrected chi connectivity index (χ2v) is 4.91. The van der Waals surface area contributed by atoms with Crippen LogP contribution < -0.4 is 0 Å². The number of hydrogen-bond acceptors (Lipinski definition) is 2. The Morgan fingerprint density at radius 3 is 2.23 bits per heavy atom. The number of hydrogen-bond donors (Lipinski definition) is 0. The third kappa shape index (κ3) is 2.23. The molecule has 0 spiro atoms. The first-order chi connectivity index (χ1) is 6.25. The molecule has 2 nitrogen and oxygen atoms in total. The van der Waals surface area contributed by atoms with Crippen molar-refractivity contribution >= 4 is 0 Å². The zero-order valence-electron chi connectivity index (χ0n) is 9.00. The topological polar surface area (TPSA) is 6.48 Å². The van der Waals surface area contributed by atoms with Gasteiger partial charge in [-0.3, -0.25) is 4.90 Å². The zero-order valence-corrected chi connectivity index (χ0v) is 9.00. The normalized spacial score (nSPS) is 38.3.